The van der Waals surface area contributed by atoms with Crippen LogP contribution < -0.4 is 21.1 Å². The first-order valence-corrected chi connectivity index (χ1v) is 11.1. The van der Waals surface area contributed by atoms with Gasteiger partial charge in [-0.1, -0.05) is 38.1 Å². The van der Waals surface area contributed by atoms with Crippen LogP contribution >= 0.6 is 0 Å². The third kappa shape index (κ3) is 7.69. The van der Waals surface area contributed by atoms with Crippen molar-refractivity contribution in [2.24, 2.45) is 11.7 Å². The van der Waals surface area contributed by atoms with E-state index in [9.17, 15) is 27.9 Å². The summed E-state index contributed by atoms with van der Waals surface area (Å²) < 4.78 is 44.6. The number of nitriles is 1. The minimum atomic E-state index is -4.96. The lowest BCUT2D eigenvalue weighted by molar-refractivity contribution is -0.215. The topological polar surface area (TPSA) is 137 Å². The monoisotopic (exact) mass is 506 g/mol. The number of carbonyl (C=O) groups is 2. The maximum absolute atomic E-state index is 13.2. The standard InChI is InChI=1S/C25H29F3N4O4/c1-14(2)20(22(33)25(26,27)28)31-24(35)21(17-7-9-18(36-3)10-8-17)32-23(34)19(30)12-15-5-4-6-16(11-15)13-29/h4-11,14,19-22,33H,12,30H2,1-3H3,(H,31,35)(H,32,34)/t19?,20-,21-,22-/m0/s1. The van der Waals surface area contributed by atoms with Crippen LogP contribution in [0.5, 0.6) is 5.75 Å². The largest absolute Gasteiger partial charge is 0.497 e. The van der Waals surface area contributed by atoms with Gasteiger partial charge in [0, 0.05) is 0 Å². The second-order valence-electron chi connectivity index (χ2n) is 8.60. The second-order valence-corrected chi connectivity index (χ2v) is 8.60. The first-order chi connectivity index (χ1) is 16.9. The number of hydrogen-bond acceptors (Lipinski definition) is 6. The number of benzene rings is 2. The minimum absolute atomic E-state index is 0.0553. The van der Waals surface area contributed by atoms with Crippen molar-refractivity contribution in [3.05, 3.63) is 65.2 Å². The number of methoxy groups -OCH3 is 1. The Bertz CT molecular complexity index is 1080. The zero-order valence-corrected chi connectivity index (χ0v) is 20.0. The van der Waals surface area contributed by atoms with Crippen LogP contribution in [-0.2, 0) is 16.0 Å². The lowest BCUT2D eigenvalue weighted by atomic mass is 9.96. The van der Waals surface area contributed by atoms with Crippen LogP contribution in [0.1, 0.15) is 36.6 Å². The molecule has 2 amide bonds. The number of nitrogens with one attached hydrogen (secondary N) is 2. The normalized spacial score (nSPS) is 14.8. The zero-order chi connectivity index (χ0) is 27.0. The second kappa shape index (κ2) is 12.4. The molecule has 0 aliphatic heterocycles. The molecule has 0 bridgehead atoms. The number of aliphatic hydroxyl groups excluding tert-OH is 1. The van der Waals surface area contributed by atoms with Crippen molar-refractivity contribution in [3.8, 4) is 11.8 Å². The molecule has 4 atom stereocenters. The molecule has 0 fully saturated rings. The fourth-order valence-corrected chi connectivity index (χ4v) is 3.52. The van der Waals surface area contributed by atoms with E-state index in [1.54, 1.807) is 24.3 Å². The van der Waals surface area contributed by atoms with Crippen molar-refractivity contribution in [3.63, 3.8) is 0 Å². The highest BCUT2D eigenvalue weighted by Crippen LogP contribution is 2.26. The molecule has 8 nitrogen and oxygen atoms in total. The highest BCUT2D eigenvalue weighted by molar-refractivity contribution is 5.90. The zero-order valence-electron chi connectivity index (χ0n) is 20.0. The third-order valence-electron chi connectivity index (χ3n) is 5.55. The van der Waals surface area contributed by atoms with Crippen LogP contribution in [0.3, 0.4) is 0 Å². The summed E-state index contributed by atoms with van der Waals surface area (Å²) in [4.78, 5) is 26.0. The number of rotatable bonds is 10. The molecule has 194 valence electrons. The molecule has 0 heterocycles. The van der Waals surface area contributed by atoms with E-state index in [-0.39, 0.29) is 12.0 Å². The molecule has 1 unspecified atom stereocenters. The summed E-state index contributed by atoms with van der Waals surface area (Å²) in [6.07, 6.45) is -7.70. The van der Waals surface area contributed by atoms with Crippen LogP contribution in [0.4, 0.5) is 13.2 Å². The predicted molar refractivity (Wildman–Crippen MR) is 126 cm³/mol. The number of amides is 2. The molecule has 2 aromatic carbocycles. The van der Waals surface area contributed by atoms with Gasteiger partial charge >= 0.3 is 6.18 Å². The Hall–Kier alpha value is -3.62. The Morgan fingerprint density at radius 3 is 2.28 bits per heavy atom. The molecule has 2 rings (SSSR count). The van der Waals surface area contributed by atoms with E-state index in [2.05, 4.69) is 10.6 Å². The molecule has 0 radical (unpaired) electrons. The summed E-state index contributed by atoms with van der Waals surface area (Å²) in [5, 5.41) is 23.5. The Labute approximate surface area is 207 Å². The number of nitrogens with zero attached hydrogens (tertiary/aromatic N) is 1. The number of halogens is 3. The SMILES string of the molecule is COc1ccc([C@H](NC(=O)C(N)Cc2cccc(C#N)c2)C(=O)N[C@@H](C(C)C)[C@H](O)C(F)(F)F)cc1. The molecule has 0 aliphatic carbocycles. The van der Waals surface area contributed by atoms with Crippen molar-refractivity contribution in [1.29, 1.82) is 5.26 Å². The van der Waals surface area contributed by atoms with Gasteiger partial charge in [-0.15, -0.1) is 0 Å². The molecule has 5 N–H and O–H groups in total. The first-order valence-electron chi connectivity index (χ1n) is 11.1. The maximum atomic E-state index is 13.2. The number of aliphatic hydroxyl groups is 1. The Kier molecular flexibility index (Phi) is 9.84. The average Bonchev–Trinajstić information content (AvgIpc) is 2.84. The molecule has 0 saturated carbocycles. The summed E-state index contributed by atoms with van der Waals surface area (Å²) >= 11 is 0. The van der Waals surface area contributed by atoms with Crippen molar-refractivity contribution in [2.75, 3.05) is 7.11 Å². The summed E-state index contributed by atoms with van der Waals surface area (Å²) in [7, 11) is 1.44. The Morgan fingerprint density at radius 2 is 1.75 bits per heavy atom. The summed E-state index contributed by atoms with van der Waals surface area (Å²) in [6, 6.07) is 10.3. The lowest BCUT2D eigenvalue weighted by Crippen LogP contribution is -2.56. The highest BCUT2D eigenvalue weighted by Gasteiger charge is 2.45. The maximum Gasteiger partial charge on any atom is 0.416 e. The van der Waals surface area contributed by atoms with Gasteiger partial charge in [0.25, 0.3) is 0 Å². The van der Waals surface area contributed by atoms with Crippen LogP contribution in [-0.4, -0.2) is 48.4 Å². The molecule has 11 heteroatoms. The highest BCUT2D eigenvalue weighted by atomic mass is 19.4. The minimum Gasteiger partial charge on any atom is -0.497 e. The third-order valence-corrected chi connectivity index (χ3v) is 5.55. The molecular weight excluding hydrogens is 477 g/mol. The van der Waals surface area contributed by atoms with Crippen LogP contribution in [0, 0.1) is 17.2 Å². The number of carbonyl (C=O) groups excluding carboxylic acids is 2. The van der Waals surface area contributed by atoms with Crippen LogP contribution in [0.15, 0.2) is 48.5 Å². The van der Waals surface area contributed by atoms with E-state index in [0.717, 1.165) is 0 Å². The predicted octanol–water partition coefficient (Wildman–Crippen LogP) is 2.36. The van der Waals surface area contributed by atoms with Crippen LogP contribution in [0.2, 0.25) is 0 Å². The first kappa shape index (κ1) is 28.6. The summed E-state index contributed by atoms with van der Waals surface area (Å²) in [6.45, 7) is 2.85. The van der Waals surface area contributed by atoms with E-state index in [1.807, 2.05) is 6.07 Å². The average molecular weight is 507 g/mol. The fraction of sp³-hybridized carbons (Fsp3) is 0.400. The Balaban J connectivity index is 2.29. The number of ether oxygens (including phenoxy) is 1. The molecular formula is C25H29F3N4O4. The van der Waals surface area contributed by atoms with Crippen molar-refractivity contribution in [2.45, 2.75) is 50.7 Å². The fourth-order valence-electron chi connectivity index (χ4n) is 3.52. The number of alkyl halides is 3. The molecule has 0 spiro atoms. The van der Waals surface area contributed by atoms with E-state index >= 15 is 0 Å². The summed E-state index contributed by atoms with van der Waals surface area (Å²) in [5.41, 5.74) is 7.31. The van der Waals surface area contributed by atoms with Gasteiger partial charge in [0.2, 0.25) is 11.8 Å². The van der Waals surface area contributed by atoms with E-state index in [4.69, 9.17) is 15.7 Å². The molecule has 0 saturated heterocycles. The number of nitrogens with two attached hydrogens (primary N) is 1. The molecule has 0 aromatic heterocycles. The smallest absolute Gasteiger partial charge is 0.416 e. The van der Waals surface area contributed by atoms with Gasteiger partial charge in [-0.05, 0) is 47.7 Å². The van der Waals surface area contributed by atoms with Gasteiger partial charge in [0.05, 0.1) is 30.8 Å². The van der Waals surface area contributed by atoms with Gasteiger partial charge in [-0.2, -0.15) is 18.4 Å². The van der Waals surface area contributed by atoms with Gasteiger partial charge in [-0.25, -0.2) is 0 Å². The van der Waals surface area contributed by atoms with Crippen molar-refractivity contribution < 1.29 is 32.6 Å². The van der Waals surface area contributed by atoms with Gasteiger partial charge in [0.15, 0.2) is 6.10 Å². The van der Waals surface area contributed by atoms with E-state index in [0.29, 0.717) is 16.9 Å². The van der Waals surface area contributed by atoms with Gasteiger partial charge in [0.1, 0.15) is 11.8 Å². The Morgan fingerprint density at radius 1 is 1.11 bits per heavy atom. The molecule has 0 aliphatic rings. The summed E-state index contributed by atoms with van der Waals surface area (Å²) in [5.74, 6) is -1.99. The van der Waals surface area contributed by atoms with Crippen molar-refractivity contribution >= 4 is 11.8 Å². The van der Waals surface area contributed by atoms with Gasteiger partial charge in [-0.3, -0.25) is 9.59 Å². The lowest BCUT2D eigenvalue weighted by Gasteiger charge is -2.31. The van der Waals surface area contributed by atoms with Crippen molar-refractivity contribution in [1.82, 2.24) is 10.6 Å². The molecule has 36 heavy (non-hydrogen) atoms. The molecule has 2 aromatic rings. The van der Waals surface area contributed by atoms with Crippen LogP contribution in [0.25, 0.3) is 0 Å². The number of hydrogen-bond donors (Lipinski definition) is 4. The van der Waals surface area contributed by atoms with E-state index in [1.165, 1.54) is 45.2 Å². The van der Waals surface area contributed by atoms with Gasteiger partial charge < -0.3 is 26.2 Å². The quantitative estimate of drug-likeness (QED) is 0.390. The van der Waals surface area contributed by atoms with E-state index < -0.39 is 48.1 Å².